The van der Waals surface area contributed by atoms with Gasteiger partial charge >= 0.3 is 0 Å². The molecule has 11 nitrogen and oxygen atoms in total. The van der Waals surface area contributed by atoms with Gasteiger partial charge in [0, 0.05) is 43.6 Å². The molecule has 4 rings (SSSR count). The number of hydrogen-bond acceptors (Lipinski definition) is 7. The van der Waals surface area contributed by atoms with E-state index in [4.69, 9.17) is 0 Å². The molecule has 0 aromatic carbocycles. The number of carbonyl (C=O) groups excluding carboxylic acids is 2. The summed E-state index contributed by atoms with van der Waals surface area (Å²) in [5, 5.41) is 17.2. The number of sulfone groups is 1. The first-order chi connectivity index (χ1) is 16.5. The van der Waals surface area contributed by atoms with Gasteiger partial charge < -0.3 is 15.3 Å². The lowest BCUT2D eigenvalue weighted by Crippen LogP contribution is -2.41. The van der Waals surface area contributed by atoms with Gasteiger partial charge in [0.05, 0.1) is 11.4 Å². The number of amides is 2. The highest BCUT2D eigenvalue weighted by Gasteiger charge is 2.30. The summed E-state index contributed by atoms with van der Waals surface area (Å²) < 4.78 is 26.1. The number of aromatic nitrogens is 3. The third kappa shape index (κ3) is 5.26. The van der Waals surface area contributed by atoms with Crippen molar-refractivity contribution in [3.05, 3.63) is 33.8 Å². The molecule has 2 fully saturated rings. The molecule has 2 aromatic heterocycles. The van der Waals surface area contributed by atoms with Gasteiger partial charge in [0.1, 0.15) is 15.5 Å². The van der Waals surface area contributed by atoms with E-state index in [-0.39, 0.29) is 35.6 Å². The van der Waals surface area contributed by atoms with Crippen LogP contribution in [0.25, 0.3) is 11.7 Å². The average Bonchev–Trinajstić information content (AvgIpc) is 3.49. The lowest BCUT2D eigenvalue weighted by atomic mass is 10.1. The van der Waals surface area contributed by atoms with Crippen molar-refractivity contribution in [1.82, 2.24) is 24.4 Å². The van der Waals surface area contributed by atoms with Crippen LogP contribution in [0.2, 0.25) is 0 Å². The van der Waals surface area contributed by atoms with Crippen LogP contribution in [0.5, 0.6) is 5.88 Å². The second-order valence-corrected chi connectivity index (χ2v) is 12.1. The third-order valence-corrected chi connectivity index (χ3v) is 8.04. The van der Waals surface area contributed by atoms with Crippen LogP contribution in [-0.4, -0.2) is 75.1 Å². The Morgan fingerprint density at radius 2 is 1.89 bits per heavy atom. The van der Waals surface area contributed by atoms with Crippen LogP contribution in [-0.2, 0) is 21.2 Å². The van der Waals surface area contributed by atoms with E-state index in [1.165, 1.54) is 29.2 Å². The summed E-state index contributed by atoms with van der Waals surface area (Å²) in [5.41, 5.74) is -0.254. The number of aromatic hydroxyl groups is 1. The van der Waals surface area contributed by atoms with Gasteiger partial charge in [-0.1, -0.05) is 13.8 Å². The highest BCUT2D eigenvalue weighted by atomic mass is 32.2. The van der Waals surface area contributed by atoms with Crippen molar-refractivity contribution in [1.29, 1.82) is 0 Å². The summed E-state index contributed by atoms with van der Waals surface area (Å²) in [6.07, 6.45) is 7.98. The lowest BCUT2D eigenvalue weighted by molar-refractivity contribution is -0.126. The molecule has 0 radical (unpaired) electrons. The van der Waals surface area contributed by atoms with Crippen LogP contribution < -0.4 is 10.9 Å². The quantitative estimate of drug-likeness (QED) is 0.530. The van der Waals surface area contributed by atoms with Gasteiger partial charge in [-0.25, -0.2) is 8.42 Å². The molecule has 12 heteroatoms. The Morgan fingerprint density at radius 3 is 2.46 bits per heavy atom. The first-order valence-corrected chi connectivity index (χ1v) is 13.7. The molecule has 3 heterocycles. The lowest BCUT2D eigenvalue weighted by Gasteiger charge is -2.30. The minimum Gasteiger partial charge on any atom is -0.492 e. The maximum atomic E-state index is 13.3. The molecule has 1 aliphatic carbocycles. The third-order valence-electron chi connectivity index (χ3n) is 6.36. The smallest absolute Gasteiger partial charge is 0.270 e. The summed E-state index contributed by atoms with van der Waals surface area (Å²) in [6, 6.07) is 0.0141. The van der Waals surface area contributed by atoms with Crippen LogP contribution in [0.4, 0.5) is 0 Å². The number of likely N-dealkylation sites (tertiary alicyclic amines) is 1. The van der Waals surface area contributed by atoms with Crippen LogP contribution in [0.3, 0.4) is 0 Å². The second-order valence-electron chi connectivity index (χ2n) is 9.78. The van der Waals surface area contributed by atoms with Crippen molar-refractivity contribution in [3.63, 3.8) is 0 Å². The van der Waals surface area contributed by atoms with Crippen molar-refractivity contribution < 1.29 is 23.1 Å². The van der Waals surface area contributed by atoms with Gasteiger partial charge in [-0.2, -0.15) is 9.61 Å². The number of nitrogens with zero attached hydrogens (tertiary/aromatic N) is 4. The van der Waals surface area contributed by atoms with Gasteiger partial charge in [-0.3, -0.25) is 19.0 Å². The van der Waals surface area contributed by atoms with E-state index in [0.29, 0.717) is 31.5 Å². The van der Waals surface area contributed by atoms with Crippen molar-refractivity contribution in [2.24, 2.45) is 5.92 Å². The number of fused-ring (bicyclic) bond motifs is 1. The fourth-order valence-corrected chi connectivity index (χ4v) is 5.39. The highest BCUT2D eigenvalue weighted by molar-refractivity contribution is 7.91. The Bertz CT molecular complexity index is 1340. The Hall–Kier alpha value is -3.15. The summed E-state index contributed by atoms with van der Waals surface area (Å²) in [6.45, 7) is 4.82. The van der Waals surface area contributed by atoms with Gasteiger partial charge in [0.25, 0.3) is 11.5 Å². The first-order valence-electron chi connectivity index (χ1n) is 11.8. The number of piperidine rings is 1. The first kappa shape index (κ1) is 25.0. The van der Waals surface area contributed by atoms with E-state index in [1.807, 2.05) is 13.8 Å². The Morgan fingerprint density at radius 1 is 1.23 bits per heavy atom. The van der Waals surface area contributed by atoms with Crippen molar-refractivity contribution >= 4 is 33.4 Å². The van der Waals surface area contributed by atoms with E-state index in [9.17, 15) is 27.9 Å². The molecular formula is C23H31N5O6S. The predicted molar refractivity (Wildman–Crippen MR) is 130 cm³/mol. The molecule has 0 spiro atoms. The van der Waals surface area contributed by atoms with Crippen molar-refractivity contribution in [2.75, 3.05) is 19.3 Å². The molecule has 2 aromatic rings. The van der Waals surface area contributed by atoms with Gasteiger partial charge in [-0.05, 0) is 37.7 Å². The van der Waals surface area contributed by atoms with Crippen LogP contribution in [0.1, 0.15) is 55.5 Å². The summed E-state index contributed by atoms with van der Waals surface area (Å²) in [7, 11) is -3.13. The van der Waals surface area contributed by atoms with E-state index in [0.717, 1.165) is 17.4 Å². The number of rotatable bonds is 7. The zero-order chi connectivity index (χ0) is 25.5. The van der Waals surface area contributed by atoms with Crippen LogP contribution in [0, 0.1) is 5.92 Å². The SMILES string of the molecule is CC(C)Cn1c(=O)c(C(=O)NC2CC2)c(O)n2ncc(C=CC(=O)N3CCC(S(C)(=O)=O)CC3)c12. The number of carbonyl (C=O) groups is 2. The molecule has 2 aliphatic rings. The molecule has 0 bridgehead atoms. The minimum atomic E-state index is -3.13. The Labute approximate surface area is 203 Å². The van der Waals surface area contributed by atoms with Crippen LogP contribution >= 0.6 is 0 Å². The molecule has 0 atom stereocenters. The maximum absolute atomic E-state index is 13.3. The van der Waals surface area contributed by atoms with Crippen molar-refractivity contribution in [2.45, 2.75) is 57.4 Å². The molecule has 2 N–H and O–H groups in total. The zero-order valence-electron chi connectivity index (χ0n) is 20.1. The fourth-order valence-electron chi connectivity index (χ4n) is 4.32. The highest BCUT2D eigenvalue weighted by Crippen LogP contribution is 2.24. The topological polar surface area (TPSA) is 143 Å². The number of hydrogen-bond donors (Lipinski definition) is 2. The molecule has 190 valence electrons. The molecule has 35 heavy (non-hydrogen) atoms. The maximum Gasteiger partial charge on any atom is 0.270 e. The van der Waals surface area contributed by atoms with Crippen molar-refractivity contribution in [3.8, 4) is 5.88 Å². The normalized spacial score (nSPS) is 17.5. The number of nitrogens with one attached hydrogen (secondary N) is 1. The summed E-state index contributed by atoms with van der Waals surface area (Å²) >= 11 is 0. The summed E-state index contributed by atoms with van der Waals surface area (Å²) in [4.78, 5) is 40.3. The molecule has 1 saturated heterocycles. The van der Waals surface area contributed by atoms with Crippen LogP contribution in [0.15, 0.2) is 17.1 Å². The molecule has 1 saturated carbocycles. The van der Waals surface area contributed by atoms with E-state index >= 15 is 0 Å². The summed E-state index contributed by atoms with van der Waals surface area (Å²) in [5.74, 6) is -1.39. The Balaban J connectivity index is 1.64. The van der Waals surface area contributed by atoms with Gasteiger partial charge in [0.2, 0.25) is 11.8 Å². The second kappa shape index (κ2) is 9.48. The zero-order valence-corrected chi connectivity index (χ0v) is 20.9. The van der Waals surface area contributed by atoms with Gasteiger partial charge in [0.15, 0.2) is 5.56 Å². The van der Waals surface area contributed by atoms with E-state index in [2.05, 4.69) is 10.4 Å². The molecule has 1 aliphatic heterocycles. The monoisotopic (exact) mass is 505 g/mol. The van der Waals surface area contributed by atoms with Gasteiger partial charge in [-0.15, -0.1) is 0 Å². The van der Waals surface area contributed by atoms with E-state index in [1.54, 1.807) is 4.90 Å². The minimum absolute atomic E-state index is 0.0141. The standard InChI is InChI=1S/C23H31N5O6S/c1-14(2)13-27-21-15(4-7-18(29)26-10-8-17(9-11-26)35(3,33)34)12-24-28(21)23(32)19(22(27)31)20(30)25-16-5-6-16/h4,7,12,14,16-17,32H,5-6,8-11,13H2,1-3H3,(H,25,30). The largest absolute Gasteiger partial charge is 0.492 e. The Kier molecular flexibility index (Phi) is 6.76. The molecular weight excluding hydrogens is 474 g/mol. The average molecular weight is 506 g/mol. The predicted octanol–water partition coefficient (Wildman–Crippen LogP) is 0.799. The molecule has 0 unspecified atom stereocenters. The van der Waals surface area contributed by atoms with E-state index < -0.39 is 32.4 Å². The molecule has 2 amide bonds. The fraction of sp³-hybridized carbons (Fsp3) is 0.565.